The summed E-state index contributed by atoms with van der Waals surface area (Å²) in [7, 11) is 0. The Bertz CT molecular complexity index is 234. The van der Waals surface area contributed by atoms with Crippen molar-refractivity contribution in [1.29, 1.82) is 0 Å². The van der Waals surface area contributed by atoms with Gasteiger partial charge in [0, 0.05) is 19.2 Å². The molecule has 0 aromatic heterocycles. The zero-order chi connectivity index (χ0) is 12.9. The second kappa shape index (κ2) is 6.03. The van der Waals surface area contributed by atoms with E-state index in [4.69, 9.17) is 5.11 Å². The maximum Gasteiger partial charge on any atom is 0.383 e. The van der Waals surface area contributed by atoms with Gasteiger partial charge in [-0.3, -0.25) is 4.79 Å². The molecule has 7 heteroatoms. The number of halogens is 4. The zero-order valence-electron chi connectivity index (χ0n) is 9.09. The molecule has 0 aromatic rings. The summed E-state index contributed by atoms with van der Waals surface area (Å²) in [5.41, 5.74) is 0. The van der Waals surface area contributed by atoms with Gasteiger partial charge in [-0.2, -0.15) is 8.78 Å². The van der Waals surface area contributed by atoms with Crippen molar-refractivity contribution in [2.45, 2.75) is 38.7 Å². The van der Waals surface area contributed by atoms with Crippen LogP contribution in [0.1, 0.15) is 20.3 Å². The fourth-order valence-corrected chi connectivity index (χ4v) is 1.12. The molecule has 96 valence electrons. The van der Waals surface area contributed by atoms with Crippen LogP contribution in [0.2, 0.25) is 0 Å². The maximum absolute atomic E-state index is 12.8. The van der Waals surface area contributed by atoms with Crippen LogP contribution in [0.4, 0.5) is 17.6 Å². The molecule has 0 heterocycles. The summed E-state index contributed by atoms with van der Waals surface area (Å²) in [6.45, 7) is 2.42. The van der Waals surface area contributed by atoms with E-state index in [1.54, 1.807) is 0 Å². The Hall–Kier alpha value is -0.850. The number of alkyl halides is 4. The maximum atomic E-state index is 12.8. The van der Waals surface area contributed by atoms with Gasteiger partial charge in [0.05, 0.1) is 0 Å². The summed E-state index contributed by atoms with van der Waals surface area (Å²) in [5, 5.41) is 8.52. The van der Waals surface area contributed by atoms with E-state index in [0.29, 0.717) is 4.90 Å². The Labute approximate surface area is 91.0 Å². The molecule has 0 aliphatic rings. The molecule has 0 rings (SSSR count). The van der Waals surface area contributed by atoms with Crippen LogP contribution in [-0.4, -0.2) is 47.5 Å². The highest BCUT2D eigenvalue weighted by Gasteiger charge is 2.51. The lowest BCUT2D eigenvalue weighted by atomic mass is 10.2. The predicted octanol–water partition coefficient (Wildman–Crippen LogP) is 1.51. The van der Waals surface area contributed by atoms with Crippen molar-refractivity contribution in [3.8, 4) is 0 Å². The van der Waals surface area contributed by atoms with Crippen LogP contribution in [0.25, 0.3) is 0 Å². The van der Waals surface area contributed by atoms with Gasteiger partial charge in [0.2, 0.25) is 0 Å². The third kappa shape index (κ3) is 3.62. The first-order valence-corrected chi connectivity index (χ1v) is 4.83. The summed E-state index contributed by atoms with van der Waals surface area (Å²) in [6, 6.07) is -0.622. The molecule has 0 saturated carbocycles. The summed E-state index contributed by atoms with van der Waals surface area (Å²) >= 11 is 0. The van der Waals surface area contributed by atoms with E-state index in [-0.39, 0.29) is 19.6 Å². The van der Waals surface area contributed by atoms with E-state index >= 15 is 0 Å². The number of hydrogen-bond donors (Lipinski definition) is 1. The second-order valence-electron chi connectivity index (χ2n) is 3.59. The van der Waals surface area contributed by atoms with E-state index in [1.165, 1.54) is 13.8 Å². The van der Waals surface area contributed by atoms with Crippen molar-refractivity contribution in [3.63, 3.8) is 0 Å². The van der Waals surface area contributed by atoms with Gasteiger partial charge in [-0.1, -0.05) is 0 Å². The predicted molar refractivity (Wildman–Crippen MR) is 49.5 cm³/mol. The van der Waals surface area contributed by atoms with Crippen LogP contribution in [0.5, 0.6) is 0 Å². The van der Waals surface area contributed by atoms with Gasteiger partial charge >= 0.3 is 12.3 Å². The van der Waals surface area contributed by atoms with Gasteiger partial charge < -0.3 is 10.0 Å². The van der Waals surface area contributed by atoms with Gasteiger partial charge in [-0.25, -0.2) is 8.78 Å². The van der Waals surface area contributed by atoms with Crippen LogP contribution >= 0.6 is 0 Å². The van der Waals surface area contributed by atoms with E-state index in [2.05, 4.69) is 0 Å². The van der Waals surface area contributed by atoms with Gasteiger partial charge in [-0.15, -0.1) is 0 Å². The van der Waals surface area contributed by atoms with Crippen LogP contribution in [0.15, 0.2) is 0 Å². The molecular weight excluding hydrogens is 230 g/mol. The molecule has 16 heavy (non-hydrogen) atoms. The molecule has 0 aliphatic heterocycles. The molecule has 0 radical (unpaired) electrons. The molecule has 0 unspecified atom stereocenters. The lowest BCUT2D eigenvalue weighted by molar-refractivity contribution is -0.182. The quantitative estimate of drug-likeness (QED) is 0.720. The van der Waals surface area contributed by atoms with Crippen LogP contribution in [0, 0.1) is 0 Å². The molecule has 0 aromatic carbocycles. The third-order valence-electron chi connectivity index (χ3n) is 2.00. The number of aliphatic hydroxyl groups is 1. The number of aliphatic hydroxyl groups excluding tert-OH is 1. The van der Waals surface area contributed by atoms with Crippen molar-refractivity contribution >= 4 is 5.91 Å². The van der Waals surface area contributed by atoms with Crippen molar-refractivity contribution in [2.75, 3.05) is 13.2 Å². The zero-order valence-corrected chi connectivity index (χ0v) is 9.09. The average Bonchev–Trinajstić information content (AvgIpc) is 2.17. The van der Waals surface area contributed by atoms with Gasteiger partial charge in [0.25, 0.3) is 5.91 Å². The standard InChI is InChI=1S/C9H15F4NO2/c1-6(2)14(4-3-5-15)8(16)9(12,13)7(10)11/h6-7,15H,3-5H2,1-2H3. The molecule has 0 aliphatic carbocycles. The van der Waals surface area contributed by atoms with Crippen molar-refractivity contribution in [1.82, 2.24) is 4.90 Å². The Morgan fingerprint density at radius 3 is 2.19 bits per heavy atom. The Balaban J connectivity index is 4.73. The number of amides is 1. The van der Waals surface area contributed by atoms with E-state index in [1.807, 2.05) is 0 Å². The molecule has 3 nitrogen and oxygen atoms in total. The first kappa shape index (κ1) is 15.2. The summed E-state index contributed by atoms with van der Waals surface area (Å²) < 4.78 is 49.5. The molecule has 0 saturated heterocycles. The Morgan fingerprint density at radius 1 is 1.38 bits per heavy atom. The largest absolute Gasteiger partial charge is 0.396 e. The normalized spacial score (nSPS) is 12.3. The number of carbonyl (C=O) groups is 1. The second-order valence-corrected chi connectivity index (χ2v) is 3.59. The fourth-order valence-electron chi connectivity index (χ4n) is 1.12. The van der Waals surface area contributed by atoms with Crippen LogP contribution in [0.3, 0.4) is 0 Å². The number of hydrogen-bond acceptors (Lipinski definition) is 2. The fraction of sp³-hybridized carbons (Fsp3) is 0.889. The molecule has 1 amide bonds. The van der Waals surface area contributed by atoms with Crippen molar-refractivity contribution in [3.05, 3.63) is 0 Å². The minimum Gasteiger partial charge on any atom is -0.396 e. The van der Waals surface area contributed by atoms with Crippen molar-refractivity contribution < 1.29 is 27.5 Å². The molecular formula is C9H15F4NO2. The van der Waals surface area contributed by atoms with E-state index < -0.39 is 24.3 Å². The summed E-state index contributed by atoms with van der Waals surface area (Å²) in [6.07, 6.45) is -3.95. The molecule has 0 spiro atoms. The topological polar surface area (TPSA) is 40.5 Å². The molecule has 1 N–H and O–H groups in total. The highest BCUT2D eigenvalue weighted by molar-refractivity contribution is 5.84. The monoisotopic (exact) mass is 245 g/mol. The minimum absolute atomic E-state index is 0.0727. The first-order valence-electron chi connectivity index (χ1n) is 4.83. The third-order valence-corrected chi connectivity index (χ3v) is 2.00. The van der Waals surface area contributed by atoms with E-state index in [0.717, 1.165) is 0 Å². The molecule has 0 bridgehead atoms. The van der Waals surface area contributed by atoms with E-state index in [9.17, 15) is 22.4 Å². The van der Waals surface area contributed by atoms with Gasteiger partial charge in [0.1, 0.15) is 0 Å². The lowest BCUT2D eigenvalue weighted by Gasteiger charge is -2.29. The Kier molecular flexibility index (Phi) is 5.71. The highest BCUT2D eigenvalue weighted by Crippen LogP contribution is 2.26. The molecule has 0 fully saturated rings. The van der Waals surface area contributed by atoms with Crippen molar-refractivity contribution in [2.24, 2.45) is 0 Å². The smallest absolute Gasteiger partial charge is 0.383 e. The SMILES string of the molecule is CC(C)N(CCCO)C(=O)C(F)(F)C(F)F. The van der Waals surface area contributed by atoms with Gasteiger partial charge in [-0.05, 0) is 20.3 Å². The average molecular weight is 245 g/mol. The summed E-state index contributed by atoms with van der Waals surface area (Å²) in [5.74, 6) is -6.56. The number of rotatable bonds is 6. The summed E-state index contributed by atoms with van der Waals surface area (Å²) in [4.78, 5) is 11.8. The van der Waals surface area contributed by atoms with Crippen LogP contribution < -0.4 is 0 Å². The Morgan fingerprint density at radius 2 is 1.88 bits per heavy atom. The van der Waals surface area contributed by atoms with Crippen LogP contribution in [-0.2, 0) is 4.79 Å². The first-order chi connectivity index (χ1) is 7.25. The van der Waals surface area contributed by atoms with Gasteiger partial charge in [0.15, 0.2) is 0 Å². The lowest BCUT2D eigenvalue weighted by Crippen LogP contribution is -2.50. The molecule has 0 atom stereocenters. The number of carbonyl (C=O) groups excluding carboxylic acids is 1. The highest BCUT2D eigenvalue weighted by atomic mass is 19.3. The minimum atomic E-state index is -4.67. The number of nitrogens with zero attached hydrogens (tertiary/aromatic N) is 1.